The van der Waals surface area contributed by atoms with Crippen molar-refractivity contribution >= 4 is 11.9 Å². The average Bonchev–Trinajstić information content (AvgIpc) is 3.44. The molecule has 0 bridgehead atoms. The van der Waals surface area contributed by atoms with Crippen LogP contribution in [0.5, 0.6) is 17.2 Å². The number of piperidine rings is 1. The van der Waals surface area contributed by atoms with E-state index in [0.717, 1.165) is 44.1 Å². The quantitative estimate of drug-likeness (QED) is 0.511. The fourth-order valence-corrected chi connectivity index (χ4v) is 6.67. The smallest absolute Gasteiger partial charge is 0.329 e. The number of allylic oxidation sites excluding steroid dienone is 2. The second-order valence-electron chi connectivity index (χ2n) is 10.2. The number of hydrogen-bond donors (Lipinski definition) is 1. The van der Waals surface area contributed by atoms with Gasteiger partial charge in [0, 0.05) is 6.54 Å². The summed E-state index contributed by atoms with van der Waals surface area (Å²) in [5.41, 5.74) is -0.349. The Morgan fingerprint density at radius 2 is 1.57 bits per heavy atom. The highest BCUT2D eigenvalue weighted by atomic mass is 16.5. The molecule has 0 aromatic heterocycles. The van der Waals surface area contributed by atoms with Gasteiger partial charge in [0.2, 0.25) is 11.7 Å². The molecule has 0 unspecified atom stereocenters. The Balaban J connectivity index is 1.81. The molecule has 192 valence electrons. The molecule has 1 heterocycles. The Labute approximate surface area is 208 Å². The fourth-order valence-electron chi connectivity index (χ4n) is 6.67. The van der Waals surface area contributed by atoms with Gasteiger partial charge < -0.3 is 24.2 Å². The molecule has 2 atom stereocenters. The summed E-state index contributed by atoms with van der Waals surface area (Å²) in [6, 6.07) is 3.75. The fraction of sp³-hybridized carbons (Fsp3) is 0.643. The number of carbonyl (C=O) groups is 2. The zero-order valence-electron chi connectivity index (χ0n) is 21.3. The molecule has 2 fully saturated rings. The first kappa shape index (κ1) is 25.4. The van der Waals surface area contributed by atoms with Crippen molar-refractivity contribution in [1.29, 1.82) is 0 Å². The zero-order valence-corrected chi connectivity index (χ0v) is 21.3. The molecule has 1 aromatic carbocycles. The van der Waals surface area contributed by atoms with Gasteiger partial charge in [-0.25, -0.2) is 4.79 Å². The van der Waals surface area contributed by atoms with E-state index >= 15 is 0 Å². The Bertz CT molecular complexity index is 920. The predicted molar refractivity (Wildman–Crippen MR) is 133 cm³/mol. The maximum Gasteiger partial charge on any atom is 0.329 e. The minimum Gasteiger partial charge on any atom is -0.493 e. The lowest BCUT2D eigenvalue weighted by molar-refractivity contribution is -0.169. The second kappa shape index (κ2) is 10.9. The lowest BCUT2D eigenvalue weighted by atomic mass is 9.71. The number of likely N-dealkylation sites (tertiary alicyclic amines) is 1. The van der Waals surface area contributed by atoms with Crippen LogP contribution in [-0.2, 0) is 9.59 Å². The summed E-state index contributed by atoms with van der Waals surface area (Å²) in [7, 11) is 4.71. The van der Waals surface area contributed by atoms with Gasteiger partial charge in [-0.1, -0.05) is 31.4 Å². The van der Waals surface area contributed by atoms with E-state index in [1.54, 1.807) is 26.2 Å². The molecule has 2 aliphatic carbocycles. The van der Waals surface area contributed by atoms with Gasteiger partial charge in [-0.2, -0.15) is 0 Å². The van der Waals surface area contributed by atoms with E-state index in [9.17, 15) is 14.7 Å². The van der Waals surface area contributed by atoms with E-state index in [1.807, 2.05) is 12.1 Å². The van der Waals surface area contributed by atoms with Crippen LogP contribution in [0.2, 0.25) is 0 Å². The largest absolute Gasteiger partial charge is 0.493 e. The van der Waals surface area contributed by atoms with Crippen LogP contribution in [0.25, 0.3) is 0 Å². The minimum absolute atomic E-state index is 0.0693. The molecule has 35 heavy (non-hydrogen) atoms. The number of hydrogen-bond acceptors (Lipinski definition) is 5. The van der Waals surface area contributed by atoms with Crippen LogP contribution in [-0.4, -0.2) is 55.3 Å². The SMILES string of the molecule is COc1cc([C@@H](C(=O)N2CCCC[C@@]2(C(=O)O)C2CC=CC2)C2CCCCC2)cc(OC)c1OC. The number of methoxy groups -OCH3 is 3. The highest BCUT2D eigenvalue weighted by Crippen LogP contribution is 2.47. The second-order valence-corrected chi connectivity index (χ2v) is 10.2. The van der Waals surface area contributed by atoms with Gasteiger partial charge in [0.25, 0.3) is 0 Å². The third-order valence-electron chi connectivity index (χ3n) is 8.42. The van der Waals surface area contributed by atoms with Gasteiger partial charge in [0.1, 0.15) is 5.54 Å². The Morgan fingerprint density at radius 3 is 2.11 bits per heavy atom. The lowest BCUT2D eigenvalue weighted by Gasteiger charge is -2.49. The number of carbonyl (C=O) groups excluding carboxylic acids is 1. The van der Waals surface area contributed by atoms with E-state index in [2.05, 4.69) is 12.2 Å². The van der Waals surface area contributed by atoms with E-state index in [0.29, 0.717) is 43.1 Å². The Morgan fingerprint density at radius 1 is 0.943 bits per heavy atom. The molecular weight excluding hydrogens is 446 g/mol. The first-order valence-corrected chi connectivity index (χ1v) is 13.0. The topological polar surface area (TPSA) is 85.3 Å². The summed E-state index contributed by atoms with van der Waals surface area (Å²) in [6.45, 7) is 0.481. The maximum atomic E-state index is 14.6. The van der Waals surface area contributed by atoms with E-state index < -0.39 is 17.4 Å². The number of rotatable bonds is 8. The van der Waals surface area contributed by atoms with Gasteiger partial charge in [-0.05, 0) is 74.5 Å². The number of amides is 1. The van der Waals surface area contributed by atoms with Crippen LogP contribution in [0.4, 0.5) is 0 Å². The number of nitrogens with zero attached hydrogens (tertiary/aromatic N) is 1. The molecule has 3 aliphatic rings. The third-order valence-corrected chi connectivity index (χ3v) is 8.42. The molecule has 1 N–H and O–H groups in total. The van der Waals surface area contributed by atoms with Crippen molar-refractivity contribution in [1.82, 2.24) is 4.90 Å². The van der Waals surface area contributed by atoms with E-state index in [1.165, 1.54) is 6.42 Å². The summed E-state index contributed by atoms with van der Waals surface area (Å²) >= 11 is 0. The molecular formula is C28H39NO6. The standard InChI is InChI=1S/C28H39NO6/c1-33-22-17-20(18-23(34-2)25(22)35-3)24(19-11-5-4-6-12-19)26(30)29-16-10-9-15-28(29,27(31)32)21-13-7-8-14-21/h7-8,17-19,21,24H,4-6,9-16H2,1-3H3,(H,31,32)/t24-,28-/m0/s1. The molecule has 1 aliphatic heterocycles. The van der Waals surface area contributed by atoms with Gasteiger partial charge in [0.15, 0.2) is 11.5 Å². The number of aliphatic carboxylic acids is 1. The number of carboxylic acids is 1. The number of benzene rings is 1. The van der Waals surface area contributed by atoms with E-state index in [4.69, 9.17) is 14.2 Å². The van der Waals surface area contributed by atoms with Crippen LogP contribution in [0, 0.1) is 11.8 Å². The average molecular weight is 486 g/mol. The molecule has 1 saturated carbocycles. The minimum atomic E-state index is -1.16. The Hall–Kier alpha value is -2.70. The van der Waals surface area contributed by atoms with Crippen LogP contribution < -0.4 is 14.2 Å². The molecule has 1 amide bonds. The highest BCUT2D eigenvalue weighted by molar-refractivity contribution is 5.91. The number of carboxylic acid groups (broad SMARTS) is 1. The van der Waals surface area contributed by atoms with Crippen LogP contribution in [0.3, 0.4) is 0 Å². The van der Waals surface area contributed by atoms with Crippen molar-refractivity contribution in [3.8, 4) is 17.2 Å². The van der Waals surface area contributed by atoms with Crippen molar-refractivity contribution < 1.29 is 28.9 Å². The monoisotopic (exact) mass is 485 g/mol. The summed E-state index contributed by atoms with van der Waals surface area (Å²) in [6.07, 6.45) is 12.9. The van der Waals surface area contributed by atoms with Crippen LogP contribution in [0.1, 0.15) is 75.7 Å². The predicted octanol–water partition coefficient (Wildman–Crippen LogP) is 5.18. The molecule has 7 nitrogen and oxygen atoms in total. The van der Waals surface area contributed by atoms with Crippen molar-refractivity contribution in [3.05, 3.63) is 29.8 Å². The molecule has 0 radical (unpaired) electrons. The maximum absolute atomic E-state index is 14.6. The normalized spacial score (nSPS) is 24.3. The van der Waals surface area contributed by atoms with Crippen molar-refractivity contribution in [2.45, 2.75) is 75.7 Å². The first-order chi connectivity index (χ1) is 17.0. The van der Waals surface area contributed by atoms with E-state index in [-0.39, 0.29) is 17.7 Å². The third kappa shape index (κ3) is 4.62. The highest BCUT2D eigenvalue weighted by Gasteiger charge is 2.54. The van der Waals surface area contributed by atoms with Crippen molar-refractivity contribution in [3.63, 3.8) is 0 Å². The molecule has 1 saturated heterocycles. The summed E-state index contributed by atoms with van der Waals surface area (Å²) < 4.78 is 16.7. The first-order valence-electron chi connectivity index (χ1n) is 13.0. The van der Waals surface area contributed by atoms with Gasteiger partial charge in [-0.15, -0.1) is 0 Å². The van der Waals surface area contributed by atoms with Gasteiger partial charge in [0.05, 0.1) is 27.2 Å². The van der Waals surface area contributed by atoms with Gasteiger partial charge >= 0.3 is 5.97 Å². The molecule has 7 heteroatoms. The summed E-state index contributed by atoms with van der Waals surface area (Å²) in [5, 5.41) is 10.6. The van der Waals surface area contributed by atoms with Crippen LogP contribution in [0.15, 0.2) is 24.3 Å². The van der Waals surface area contributed by atoms with Crippen LogP contribution >= 0.6 is 0 Å². The van der Waals surface area contributed by atoms with Crippen molar-refractivity contribution in [2.75, 3.05) is 27.9 Å². The summed E-state index contributed by atoms with van der Waals surface area (Å²) in [4.78, 5) is 29.2. The molecule has 1 aromatic rings. The molecule has 0 spiro atoms. The zero-order chi connectivity index (χ0) is 25.0. The van der Waals surface area contributed by atoms with Gasteiger partial charge in [-0.3, -0.25) is 4.79 Å². The lowest BCUT2D eigenvalue weighted by Crippen LogP contribution is -2.64. The summed E-state index contributed by atoms with van der Waals surface area (Å²) in [5.74, 6) is 0.188. The molecule has 4 rings (SSSR count). The Kier molecular flexibility index (Phi) is 7.92. The number of ether oxygens (including phenoxy) is 3. The van der Waals surface area contributed by atoms with Crippen molar-refractivity contribution in [2.24, 2.45) is 11.8 Å².